The molecule has 0 radical (unpaired) electrons. The summed E-state index contributed by atoms with van der Waals surface area (Å²) in [6.07, 6.45) is 1.68. The molecule has 6 nitrogen and oxygen atoms in total. The number of imidazole rings is 1. The summed E-state index contributed by atoms with van der Waals surface area (Å²) in [6.45, 7) is 3.41. The van der Waals surface area contributed by atoms with Crippen LogP contribution in [0.4, 0.5) is 4.39 Å². The van der Waals surface area contributed by atoms with Crippen molar-refractivity contribution >= 4 is 22.8 Å². The highest BCUT2D eigenvalue weighted by molar-refractivity contribution is 5.98. The number of nitrogens with one attached hydrogen (secondary N) is 1. The number of aromatic nitrogens is 2. The number of hydrogen-bond acceptors (Lipinski definition) is 3. The predicted octanol–water partition coefficient (Wildman–Crippen LogP) is 4.68. The van der Waals surface area contributed by atoms with E-state index in [2.05, 4.69) is 14.9 Å². The van der Waals surface area contributed by atoms with Gasteiger partial charge in [-0.15, -0.1) is 0 Å². The number of fused-ring (bicyclic) bond motifs is 1. The van der Waals surface area contributed by atoms with Crippen LogP contribution in [0.25, 0.3) is 16.7 Å². The van der Waals surface area contributed by atoms with Crippen LogP contribution in [0.2, 0.25) is 0 Å². The van der Waals surface area contributed by atoms with Crippen molar-refractivity contribution in [2.75, 3.05) is 19.6 Å². The van der Waals surface area contributed by atoms with Crippen molar-refractivity contribution in [3.05, 3.63) is 95.6 Å². The van der Waals surface area contributed by atoms with E-state index in [0.717, 1.165) is 22.5 Å². The molecule has 0 aliphatic carbocycles. The highest BCUT2D eigenvalue weighted by Gasteiger charge is 2.28. The maximum atomic E-state index is 13.8. The number of piperidine rings is 1. The second-order valence-electron chi connectivity index (χ2n) is 9.23. The molecule has 0 saturated carbocycles. The average Bonchev–Trinajstić information content (AvgIpc) is 3.24. The van der Waals surface area contributed by atoms with E-state index in [9.17, 15) is 14.0 Å². The lowest BCUT2D eigenvalue weighted by atomic mass is 9.95. The van der Waals surface area contributed by atoms with Crippen molar-refractivity contribution in [3.63, 3.8) is 0 Å². The molecule has 7 heteroatoms. The molecule has 4 aromatic rings. The highest BCUT2D eigenvalue weighted by Crippen LogP contribution is 2.24. The van der Waals surface area contributed by atoms with Gasteiger partial charge in [-0.3, -0.25) is 14.2 Å². The summed E-state index contributed by atoms with van der Waals surface area (Å²) in [6, 6.07) is 22.3. The molecule has 1 N–H and O–H groups in total. The minimum absolute atomic E-state index is 0.0261. The molecule has 1 saturated heterocycles. The fourth-order valence-electron chi connectivity index (χ4n) is 4.93. The van der Waals surface area contributed by atoms with E-state index in [1.54, 1.807) is 18.2 Å². The molecule has 0 unspecified atom stereocenters. The number of halogens is 1. The number of para-hydroxylation sites is 1. The van der Waals surface area contributed by atoms with Gasteiger partial charge in [0.15, 0.2) is 0 Å². The first-order valence-corrected chi connectivity index (χ1v) is 12.4. The summed E-state index contributed by atoms with van der Waals surface area (Å²) in [4.78, 5) is 32.3. The number of amides is 2. The third-order valence-corrected chi connectivity index (χ3v) is 6.89. The van der Waals surface area contributed by atoms with E-state index < -0.39 is 0 Å². The average molecular weight is 485 g/mol. The van der Waals surface area contributed by atoms with Gasteiger partial charge in [0.25, 0.3) is 5.91 Å². The van der Waals surface area contributed by atoms with Crippen molar-refractivity contribution in [1.29, 1.82) is 0 Å². The Morgan fingerprint density at radius 2 is 1.72 bits per heavy atom. The monoisotopic (exact) mass is 484 g/mol. The topological polar surface area (TPSA) is 67.2 Å². The van der Waals surface area contributed by atoms with E-state index >= 15 is 0 Å². The van der Waals surface area contributed by atoms with Crippen LogP contribution in [-0.2, 0) is 11.2 Å². The molecule has 1 aliphatic heterocycles. The molecule has 0 atom stereocenters. The summed E-state index contributed by atoms with van der Waals surface area (Å²) in [5.74, 6) is 0.409. The Morgan fingerprint density at radius 3 is 2.47 bits per heavy atom. The molecule has 2 amide bonds. The Bertz CT molecular complexity index is 1390. The molecule has 184 valence electrons. The fourth-order valence-corrected chi connectivity index (χ4v) is 4.93. The molecule has 3 aromatic carbocycles. The molecular formula is C29H29FN4O2. The quantitative estimate of drug-likeness (QED) is 0.432. The van der Waals surface area contributed by atoms with Crippen LogP contribution in [0.3, 0.4) is 0 Å². The van der Waals surface area contributed by atoms with Gasteiger partial charge in [0.1, 0.15) is 11.6 Å². The number of nitrogens with zero attached hydrogens (tertiary/aromatic N) is 3. The summed E-state index contributed by atoms with van der Waals surface area (Å²) < 4.78 is 15.8. The summed E-state index contributed by atoms with van der Waals surface area (Å²) >= 11 is 0. The van der Waals surface area contributed by atoms with Gasteiger partial charge in [-0.1, -0.05) is 36.4 Å². The second kappa shape index (κ2) is 10.3. The van der Waals surface area contributed by atoms with Gasteiger partial charge in [-0.25, -0.2) is 9.37 Å². The van der Waals surface area contributed by atoms with Crippen LogP contribution in [0, 0.1) is 18.7 Å². The van der Waals surface area contributed by atoms with E-state index in [-0.39, 0.29) is 23.5 Å². The summed E-state index contributed by atoms with van der Waals surface area (Å²) in [5.41, 5.74) is 3.98. The number of likely N-dealkylation sites (tertiary alicyclic amines) is 1. The minimum Gasteiger partial charge on any atom is -0.356 e. The lowest BCUT2D eigenvalue weighted by Crippen LogP contribution is -2.43. The highest BCUT2D eigenvalue weighted by atomic mass is 19.1. The Kier molecular flexibility index (Phi) is 6.80. The Morgan fingerprint density at radius 1 is 1.00 bits per heavy atom. The standard InChI is InChI=1S/C29H29FN4O2/c1-20-32-26-19-23(11-12-27(26)34(20)24-8-3-2-4-9-24)29(36)33-17-14-22(15-18-33)28(35)31-16-13-21-7-5-6-10-25(21)30/h2-12,19,22H,13-18H2,1H3,(H,31,35). The smallest absolute Gasteiger partial charge is 0.253 e. The summed E-state index contributed by atoms with van der Waals surface area (Å²) in [7, 11) is 0. The van der Waals surface area contributed by atoms with Gasteiger partial charge in [-0.05, 0) is 68.1 Å². The molecule has 1 fully saturated rings. The summed E-state index contributed by atoms with van der Waals surface area (Å²) in [5, 5.41) is 2.93. The molecule has 2 heterocycles. The van der Waals surface area contributed by atoms with Gasteiger partial charge in [0.05, 0.1) is 11.0 Å². The zero-order chi connectivity index (χ0) is 25.1. The molecule has 1 aliphatic rings. The molecule has 0 spiro atoms. The Hall–Kier alpha value is -4.00. The van der Waals surface area contributed by atoms with Crippen LogP contribution >= 0.6 is 0 Å². The predicted molar refractivity (Wildman–Crippen MR) is 138 cm³/mol. The van der Waals surface area contributed by atoms with E-state index in [1.807, 2.05) is 60.4 Å². The van der Waals surface area contributed by atoms with Crippen LogP contribution in [-0.4, -0.2) is 45.9 Å². The van der Waals surface area contributed by atoms with Gasteiger partial charge >= 0.3 is 0 Å². The first-order valence-electron chi connectivity index (χ1n) is 12.4. The molecule has 5 rings (SSSR count). The Balaban J connectivity index is 1.18. The molecule has 0 bridgehead atoms. The van der Waals surface area contributed by atoms with Crippen LogP contribution in [0.1, 0.15) is 34.6 Å². The number of carbonyl (C=O) groups excluding carboxylic acids is 2. The first kappa shape index (κ1) is 23.7. The van der Waals surface area contributed by atoms with E-state index in [0.29, 0.717) is 50.0 Å². The number of rotatable bonds is 6. The van der Waals surface area contributed by atoms with Crippen molar-refractivity contribution in [2.24, 2.45) is 5.92 Å². The van der Waals surface area contributed by atoms with E-state index in [1.165, 1.54) is 6.07 Å². The Labute approximate surface area is 209 Å². The number of carbonyl (C=O) groups is 2. The SMILES string of the molecule is Cc1nc2cc(C(=O)N3CCC(C(=O)NCCc4ccccc4F)CC3)ccc2n1-c1ccccc1. The van der Waals surface area contributed by atoms with Crippen molar-refractivity contribution in [1.82, 2.24) is 19.8 Å². The van der Waals surface area contributed by atoms with Crippen LogP contribution in [0.15, 0.2) is 72.8 Å². The third-order valence-electron chi connectivity index (χ3n) is 6.89. The lowest BCUT2D eigenvalue weighted by molar-refractivity contribution is -0.126. The molecule has 36 heavy (non-hydrogen) atoms. The normalized spacial score (nSPS) is 14.2. The minimum atomic E-state index is -0.251. The van der Waals surface area contributed by atoms with Crippen molar-refractivity contribution < 1.29 is 14.0 Å². The second-order valence-corrected chi connectivity index (χ2v) is 9.23. The number of aryl methyl sites for hydroxylation is 1. The third kappa shape index (κ3) is 4.87. The van der Waals surface area contributed by atoms with E-state index in [4.69, 9.17) is 0 Å². The van der Waals surface area contributed by atoms with Gasteiger partial charge in [-0.2, -0.15) is 0 Å². The van der Waals surface area contributed by atoms with Crippen LogP contribution in [0.5, 0.6) is 0 Å². The van der Waals surface area contributed by atoms with Crippen LogP contribution < -0.4 is 5.32 Å². The fraction of sp³-hybridized carbons (Fsp3) is 0.276. The number of hydrogen-bond donors (Lipinski definition) is 1. The maximum absolute atomic E-state index is 13.8. The zero-order valence-corrected chi connectivity index (χ0v) is 20.3. The zero-order valence-electron chi connectivity index (χ0n) is 20.3. The molecule has 1 aromatic heterocycles. The number of benzene rings is 3. The van der Waals surface area contributed by atoms with Gasteiger partial charge in [0.2, 0.25) is 5.91 Å². The van der Waals surface area contributed by atoms with Gasteiger partial charge in [0, 0.05) is 36.8 Å². The lowest BCUT2D eigenvalue weighted by Gasteiger charge is -2.31. The molecular weight excluding hydrogens is 455 g/mol. The van der Waals surface area contributed by atoms with Gasteiger partial charge < -0.3 is 10.2 Å². The first-order chi connectivity index (χ1) is 17.5. The van der Waals surface area contributed by atoms with Crippen molar-refractivity contribution in [3.8, 4) is 5.69 Å². The maximum Gasteiger partial charge on any atom is 0.253 e. The van der Waals surface area contributed by atoms with Crippen molar-refractivity contribution in [2.45, 2.75) is 26.2 Å². The largest absolute Gasteiger partial charge is 0.356 e.